The Kier molecular flexibility index (Phi) is 9.98. The Morgan fingerprint density at radius 1 is 1.18 bits per heavy atom. The standard InChI is InChI=1S/C22H32N4O6S/c1-13(21(30)26-10-3-4-18(26)22(31)32)24-20(29)17(12-14-5-7-15(27)8-6-14)25-19(28)16(23)9-11-33-2/h5-8,13,16-18,27H,3-4,9-12,23H2,1-2H3,(H,24,29)(H,25,28)(H,31,32). The molecule has 3 amide bonds. The van der Waals surface area contributed by atoms with Crippen molar-refractivity contribution in [3.63, 3.8) is 0 Å². The fraction of sp³-hybridized carbons (Fsp3) is 0.545. The van der Waals surface area contributed by atoms with Gasteiger partial charge < -0.3 is 31.5 Å². The highest BCUT2D eigenvalue weighted by Crippen LogP contribution is 2.18. The molecule has 182 valence electrons. The first-order valence-corrected chi connectivity index (χ1v) is 12.2. The van der Waals surface area contributed by atoms with E-state index in [1.807, 2.05) is 6.26 Å². The van der Waals surface area contributed by atoms with E-state index < -0.39 is 47.9 Å². The van der Waals surface area contributed by atoms with E-state index in [4.69, 9.17) is 5.73 Å². The monoisotopic (exact) mass is 480 g/mol. The summed E-state index contributed by atoms with van der Waals surface area (Å²) in [7, 11) is 0. The normalized spacial score (nSPS) is 18.3. The van der Waals surface area contributed by atoms with Gasteiger partial charge in [-0.05, 0) is 55.9 Å². The molecular weight excluding hydrogens is 448 g/mol. The van der Waals surface area contributed by atoms with E-state index in [1.165, 1.54) is 24.0 Å². The number of carboxylic acid groups (broad SMARTS) is 1. The highest BCUT2D eigenvalue weighted by Gasteiger charge is 2.37. The van der Waals surface area contributed by atoms with Crippen LogP contribution in [0.1, 0.15) is 31.7 Å². The summed E-state index contributed by atoms with van der Waals surface area (Å²) < 4.78 is 0. The lowest BCUT2D eigenvalue weighted by molar-refractivity contribution is -0.149. The molecule has 0 aliphatic carbocycles. The number of amides is 3. The number of likely N-dealkylation sites (tertiary alicyclic amines) is 1. The predicted molar refractivity (Wildman–Crippen MR) is 125 cm³/mol. The maximum absolute atomic E-state index is 13.0. The number of carbonyl (C=O) groups is 4. The van der Waals surface area contributed by atoms with Crippen molar-refractivity contribution < 1.29 is 29.4 Å². The minimum Gasteiger partial charge on any atom is -0.508 e. The number of nitrogens with two attached hydrogens (primary N) is 1. The molecule has 0 radical (unpaired) electrons. The van der Waals surface area contributed by atoms with Crippen molar-refractivity contribution in [3.8, 4) is 5.75 Å². The number of phenolic OH excluding ortho intramolecular Hbond substituents is 1. The summed E-state index contributed by atoms with van der Waals surface area (Å²) in [6.07, 6.45) is 3.42. The van der Waals surface area contributed by atoms with Crippen LogP contribution in [-0.4, -0.2) is 81.5 Å². The number of benzene rings is 1. The third kappa shape index (κ3) is 7.64. The molecule has 0 saturated carbocycles. The smallest absolute Gasteiger partial charge is 0.326 e. The van der Waals surface area contributed by atoms with Crippen LogP contribution in [0.5, 0.6) is 5.75 Å². The third-order valence-electron chi connectivity index (χ3n) is 5.53. The lowest BCUT2D eigenvalue weighted by Crippen LogP contribution is -2.57. The van der Waals surface area contributed by atoms with Crippen LogP contribution in [-0.2, 0) is 25.6 Å². The van der Waals surface area contributed by atoms with Crippen molar-refractivity contribution in [2.75, 3.05) is 18.6 Å². The third-order valence-corrected chi connectivity index (χ3v) is 6.17. The lowest BCUT2D eigenvalue weighted by atomic mass is 10.0. The van der Waals surface area contributed by atoms with Gasteiger partial charge in [-0.25, -0.2) is 4.79 Å². The molecule has 33 heavy (non-hydrogen) atoms. The summed E-state index contributed by atoms with van der Waals surface area (Å²) in [5.41, 5.74) is 6.62. The van der Waals surface area contributed by atoms with Gasteiger partial charge in [0.15, 0.2) is 0 Å². The van der Waals surface area contributed by atoms with Crippen molar-refractivity contribution in [2.45, 2.75) is 56.8 Å². The van der Waals surface area contributed by atoms with Gasteiger partial charge in [-0.15, -0.1) is 0 Å². The van der Waals surface area contributed by atoms with Crippen LogP contribution in [0, 0.1) is 0 Å². The Hall–Kier alpha value is -2.79. The fourth-order valence-corrected chi connectivity index (χ4v) is 4.13. The molecule has 0 spiro atoms. The summed E-state index contributed by atoms with van der Waals surface area (Å²) >= 11 is 1.56. The van der Waals surface area contributed by atoms with Gasteiger partial charge in [0.1, 0.15) is 23.9 Å². The maximum atomic E-state index is 13.0. The molecule has 1 aromatic carbocycles. The Morgan fingerprint density at radius 2 is 1.85 bits per heavy atom. The summed E-state index contributed by atoms with van der Waals surface area (Å²) in [5.74, 6) is -1.86. The van der Waals surface area contributed by atoms with Crippen molar-refractivity contribution >= 4 is 35.5 Å². The van der Waals surface area contributed by atoms with Crippen molar-refractivity contribution in [1.82, 2.24) is 15.5 Å². The van der Waals surface area contributed by atoms with Crippen LogP contribution in [0.4, 0.5) is 0 Å². The van der Waals surface area contributed by atoms with E-state index in [0.717, 1.165) is 0 Å². The number of hydrogen-bond donors (Lipinski definition) is 5. The molecule has 4 unspecified atom stereocenters. The number of thioether (sulfide) groups is 1. The molecule has 4 atom stereocenters. The first-order valence-electron chi connectivity index (χ1n) is 10.8. The number of phenols is 1. The van der Waals surface area contributed by atoms with Gasteiger partial charge in [0.2, 0.25) is 17.7 Å². The highest BCUT2D eigenvalue weighted by atomic mass is 32.2. The first-order chi connectivity index (χ1) is 15.6. The lowest BCUT2D eigenvalue weighted by Gasteiger charge is -2.27. The van der Waals surface area contributed by atoms with Gasteiger partial charge in [-0.3, -0.25) is 14.4 Å². The molecular formula is C22H32N4O6S. The molecule has 2 rings (SSSR count). The first kappa shape index (κ1) is 26.5. The van der Waals surface area contributed by atoms with Gasteiger partial charge in [0.05, 0.1) is 6.04 Å². The van der Waals surface area contributed by atoms with Gasteiger partial charge in [-0.2, -0.15) is 11.8 Å². The second kappa shape index (κ2) is 12.4. The molecule has 0 aromatic heterocycles. The topological polar surface area (TPSA) is 162 Å². The molecule has 1 heterocycles. The summed E-state index contributed by atoms with van der Waals surface area (Å²) in [6, 6.07) is 2.54. The largest absolute Gasteiger partial charge is 0.508 e. The quantitative estimate of drug-likeness (QED) is 0.297. The molecule has 1 aliphatic rings. The second-order valence-corrected chi connectivity index (χ2v) is 9.06. The molecule has 1 saturated heterocycles. The predicted octanol–water partition coefficient (Wildman–Crippen LogP) is 0.0802. The second-order valence-electron chi connectivity index (χ2n) is 8.08. The van der Waals surface area contributed by atoms with Crippen LogP contribution in [0.3, 0.4) is 0 Å². The minimum atomic E-state index is -1.07. The molecule has 0 bridgehead atoms. The Morgan fingerprint density at radius 3 is 2.45 bits per heavy atom. The number of aromatic hydroxyl groups is 1. The zero-order valence-corrected chi connectivity index (χ0v) is 19.6. The van der Waals surface area contributed by atoms with Crippen molar-refractivity contribution in [1.29, 1.82) is 0 Å². The number of aliphatic carboxylic acids is 1. The molecule has 1 aromatic rings. The maximum Gasteiger partial charge on any atom is 0.326 e. The Bertz CT molecular complexity index is 850. The van der Waals surface area contributed by atoms with Crippen LogP contribution >= 0.6 is 11.8 Å². The van der Waals surface area contributed by atoms with Crippen molar-refractivity contribution in [2.24, 2.45) is 5.73 Å². The van der Waals surface area contributed by atoms with E-state index in [-0.39, 0.29) is 12.2 Å². The van der Waals surface area contributed by atoms with Gasteiger partial charge >= 0.3 is 5.97 Å². The van der Waals surface area contributed by atoms with E-state index in [9.17, 15) is 29.4 Å². The molecule has 10 nitrogen and oxygen atoms in total. The van der Waals surface area contributed by atoms with Gasteiger partial charge in [-0.1, -0.05) is 12.1 Å². The molecule has 1 fully saturated rings. The number of rotatable bonds is 11. The van der Waals surface area contributed by atoms with Crippen LogP contribution in [0.25, 0.3) is 0 Å². The van der Waals surface area contributed by atoms with Crippen LogP contribution in [0.2, 0.25) is 0 Å². The van der Waals surface area contributed by atoms with E-state index >= 15 is 0 Å². The Balaban J connectivity index is 2.10. The van der Waals surface area contributed by atoms with Crippen molar-refractivity contribution in [3.05, 3.63) is 29.8 Å². The number of carbonyl (C=O) groups excluding carboxylic acids is 3. The average molecular weight is 481 g/mol. The molecule has 11 heteroatoms. The number of hydrogen-bond acceptors (Lipinski definition) is 7. The zero-order chi connectivity index (χ0) is 24.5. The summed E-state index contributed by atoms with van der Waals surface area (Å²) in [5, 5.41) is 24.1. The van der Waals surface area contributed by atoms with Crippen LogP contribution < -0.4 is 16.4 Å². The van der Waals surface area contributed by atoms with E-state index in [0.29, 0.717) is 37.1 Å². The number of nitrogens with one attached hydrogen (secondary N) is 2. The summed E-state index contributed by atoms with van der Waals surface area (Å²) in [4.78, 5) is 51.0. The zero-order valence-electron chi connectivity index (χ0n) is 18.8. The van der Waals surface area contributed by atoms with Gasteiger partial charge in [0.25, 0.3) is 0 Å². The number of carboxylic acids is 1. The molecule has 6 N–H and O–H groups in total. The summed E-state index contributed by atoms with van der Waals surface area (Å²) in [6.45, 7) is 1.80. The minimum absolute atomic E-state index is 0.0701. The van der Waals surface area contributed by atoms with Gasteiger partial charge in [0, 0.05) is 13.0 Å². The van der Waals surface area contributed by atoms with E-state index in [2.05, 4.69) is 10.6 Å². The highest BCUT2D eigenvalue weighted by molar-refractivity contribution is 7.98. The fourth-order valence-electron chi connectivity index (χ4n) is 3.64. The number of nitrogens with zero attached hydrogens (tertiary/aromatic N) is 1. The molecule has 1 aliphatic heterocycles. The van der Waals surface area contributed by atoms with Crippen LogP contribution in [0.15, 0.2) is 24.3 Å². The van der Waals surface area contributed by atoms with E-state index in [1.54, 1.807) is 23.9 Å². The SMILES string of the molecule is CSCCC(N)C(=O)NC(Cc1ccc(O)cc1)C(=O)NC(C)C(=O)N1CCCC1C(=O)O. The average Bonchev–Trinajstić information content (AvgIpc) is 3.28. The Labute approximate surface area is 197 Å².